The minimum absolute atomic E-state index is 0.0744. The van der Waals surface area contributed by atoms with Crippen molar-refractivity contribution < 1.29 is 27.2 Å². The fourth-order valence-corrected chi connectivity index (χ4v) is 3.69. The van der Waals surface area contributed by atoms with E-state index in [0.717, 1.165) is 43.3 Å². The molecule has 0 aromatic rings. The number of hydrogen-bond acceptors (Lipinski definition) is 2. The Bertz CT molecular complexity index is 341. The predicted molar refractivity (Wildman–Crippen MR) is 63.3 cm³/mol. The van der Waals surface area contributed by atoms with Gasteiger partial charge < -0.3 is 9.22 Å². The number of esters is 1. The molecule has 2 heterocycles. The van der Waals surface area contributed by atoms with Crippen molar-refractivity contribution in [2.24, 2.45) is 5.92 Å². The first-order valence-corrected chi connectivity index (χ1v) is 6.91. The van der Waals surface area contributed by atoms with Crippen LogP contribution in [0.25, 0.3) is 0 Å². The van der Waals surface area contributed by atoms with Gasteiger partial charge in [0.15, 0.2) is 0 Å². The van der Waals surface area contributed by atoms with Gasteiger partial charge in [-0.2, -0.15) is 13.2 Å². The first-order valence-electron chi connectivity index (χ1n) is 6.91. The van der Waals surface area contributed by atoms with Crippen LogP contribution in [-0.2, 0) is 9.53 Å². The van der Waals surface area contributed by atoms with Crippen LogP contribution in [0, 0.1) is 5.92 Å². The van der Waals surface area contributed by atoms with Gasteiger partial charge in [0.25, 0.3) is 0 Å². The van der Waals surface area contributed by atoms with Crippen molar-refractivity contribution in [3.63, 3.8) is 0 Å². The molecule has 19 heavy (non-hydrogen) atoms. The lowest BCUT2D eigenvalue weighted by molar-refractivity contribution is -0.947. The van der Waals surface area contributed by atoms with Crippen molar-refractivity contribution in [2.75, 3.05) is 26.7 Å². The van der Waals surface area contributed by atoms with Crippen LogP contribution >= 0.6 is 0 Å². The zero-order chi connectivity index (χ0) is 14.1. The fourth-order valence-electron chi connectivity index (χ4n) is 3.69. The highest BCUT2D eigenvalue weighted by Gasteiger charge is 2.46. The number of rotatable bonds is 2. The fraction of sp³-hybridized carbons (Fsp3) is 0.923. The first kappa shape index (κ1) is 14.6. The molecule has 2 saturated heterocycles. The molecule has 0 aromatic heterocycles. The highest BCUT2D eigenvalue weighted by molar-refractivity contribution is 5.75. The van der Waals surface area contributed by atoms with E-state index < -0.39 is 12.1 Å². The maximum atomic E-state index is 12.1. The molecule has 0 amide bonds. The number of hydrogen-bond donors (Lipinski definition) is 0. The van der Waals surface area contributed by atoms with Gasteiger partial charge in [-0.3, -0.25) is 0 Å². The molecule has 0 saturated carbocycles. The molecule has 0 aliphatic carbocycles. The number of carbonyl (C=O) groups is 1. The van der Waals surface area contributed by atoms with Gasteiger partial charge in [-0.1, -0.05) is 0 Å². The van der Waals surface area contributed by atoms with Gasteiger partial charge in [0, 0.05) is 12.3 Å². The van der Waals surface area contributed by atoms with Crippen LogP contribution in [0.2, 0.25) is 0 Å². The Morgan fingerprint density at radius 2 is 1.89 bits per heavy atom. The zero-order valence-corrected chi connectivity index (χ0v) is 11.2. The van der Waals surface area contributed by atoms with Crippen molar-refractivity contribution >= 4 is 5.97 Å². The average molecular weight is 280 g/mol. The lowest BCUT2D eigenvalue weighted by Crippen LogP contribution is -2.61. The SMILES string of the molecule is C[N@+]12CCCC[C@@H]1[C@H](COC(=O)C(F)(F)F)CCC2. The highest BCUT2D eigenvalue weighted by Crippen LogP contribution is 2.36. The van der Waals surface area contributed by atoms with Gasteiger partial charge in [0.1, 0.15) is 6.61 Å². The van der Waals surface area contributed by atoms with Crippen LogP contribution in [-0.4, -0.2) is 49.4 Å². The van der Waals surface area contributed by atoms with Gasteiger partial charge in [0.2, 0.25) is 0 Å². The molecular formula is C13H21F3NO2+. The van der Waals surface area contributed by atoms with Crippen molar-refractivity contribution in [3.8, 4) is 0 Å². The zero-order valence-electron chi connectivity index (χ0n) is 11.2. The summed E-state index contributed by atoms with van der Waals surface area (Å²) < 4.78 is 41.8. The number of fused-ring (bicyclic) bond motifs is 1. The second kappa shape index (κ2) is 5.31. The molecule has 2 rings (SSSR count). The van der Waals surface area contributed by atoms with E-state index in [2.05, 4.69) is 11.8 Å². The Morgan fingerprint density at radius 3 is 2.58 bits per heavy atom. The lowest BCUT2D eigenvalue weighted by Gasteiger charge is -2.51. The normalized spacial score (nSPS) is 35.6. The lowest BCUT2D eigenvalue weighted by atomic mass is 9.82. The largest absolute Gasteiger partial charge is 0.490 e. The Hall–Kier alpha value is -0.780. The van der Waals surface area contributed by atoms with Crippen LogP contribution in [0.4, 0.5) is 13.2 Å². The topological polar surface area (TPSA) is 26.3 Å². The van der Waals surface area contributed by atoms with E-state index in [1.807, 2.05) is 0 Å². The molecule has 0 N–H and O–H groups in total. The van der Waals surface area contributed by atoms with E-state index >= 15 is 0 Å². The van der Waals surface area contributed by atoms with Crippen LogP contribution < -0.4 is 0 Å². The second-order valence-corrected chi connectivity index (χ2v) is 5.99. The molecule has 3 nitrogen and oxygen atoms in total. The third kappa shape index (κ3) is 3.22. The molecular weight excluding hydrogens is 259 g/mol. The highest BCUT2D eigenvalue weighted by atomic mass is 19.4. The summed E-state index contributed by atoms with van der Waals surface area (Å²) in [4.78, 5) is 10.8. The summed E-state index contributed by atoms with van der Waals surface area (Å²) in [6, 6.07) is 0.350. The average Bonchev–Trinajstić information content (AvgIpc) is 2.33. The standard InChI is InChI=1S/C13H21F3NO2/c1-17-7-3-2-6-11(17)10(5-4-8-17)9-19-12(18)13(14,15)16/h10-11H,2-9H2,1H3/q+1/t10-,11+,17+/m0/s1. The summed E-state index contributed by atoms with van der Waals surface area (Å²) in [5.74, 6) is -1.98. The number of piperidine rings is 2. The minimum Gasteiger partial charge on any atom is -0.458 e. The summed E-state index contributed by atoms with van der Waals surface area (Å²) in [7, 11) is 2.18. The molecule has 0 unspecified atom stereocenters. The van der Waals surface area contributed by atoms with E-state index in [1.165, 1.54) is 6.42 Å². The molecule has 2 fully saturated rings. The van der Waals surface area contributed by atoms with Gasteiger partial charge in [-0.15, -0.1) is 0 Å². The Labute approximate surface area is 111 Å². The molecule has 0 radical (unpaired) electrons. The summed E-state index contributed by atoms with van der Waals surface area (Å²) in [5, 5.41) is 0. The van der Waals surface area contributed by atoms with Gasteiger partial charge in [-0.25, -0.2) is 4.79 Å². The van der Waals surface area contributed by atoms with E-state index in [1.54, 1.807) is 0 Å². The smallest absolute Gasteiger partial charge is 0.458 e. The minimum atomic E-state index is -4.88. The molecule has 2 aliphatic rings. The summed E-state index contributed by atoms with van der Waals surface area (Å²) in [6.07, 6.45) is 0.333. The van der Waals surface area contributed by atoms with E-state index in [4.69, 9.17) is 0 Å². The van der Waals surface area contributed by atoms with Crippen molar-refractivity contribution in [1.82, 2.24) is 0 Å². The van der Waals surface area contributed by atoms with Crippen LogP contribution in [0.1, 0.15) is 32.1 Å². The van der Waals surface area contributed by atoms with E-state index in [0.29, 0.717) is 6.04 Å². The van der Waals surface area contributed by atoms with E-state index in [-0.39, 0.29) is 12.5 Å². The number of quaternary nitrogens is 1. The monoisotopic (exact) mass is 280 g/mol. The van der Waals surface area contributed by atoms with Crippen LogP contribution in [0.3, 0.4) is 0 Å². The summed E-state index contributed by atoms with van der Waals surface area (Å²) in [6.45, 7) is 2.10. The molecule has 110 valence electrons. The summed E-state index contributed by atoms with van der Waals surface area (Å²) in [5.41, 5.74) is 0. The van der Waals surface area contributed by atoms with Gasteiger partial charge in [-0.05, 0) is 25.7 Å². The van der Waals surface area contributed by atoms with E-state index in [9.17, 15) is 18.0 Å². The first-order chi connectivity index (χ1) is 8.83. The number of carbonyl (C=O) groups excluding carboxylic acids is 1. The number of halogens is 3. The number of alkyl halides is 3. The van der Waals surface area contributed by atoms with Crippen LogP contribution in [0.15, 0.2) is 0 Å². The van der Waals surface area contributed by atoms with Gasteiger partial charge in [0.05, 0.1) is 26.2 Å². The molecule has 0 spiro atoms. The quantitative estimate of drug-likeness (QED) is 0.574. The molecule has 0 aromatic carbocycles. The molecule has 6 heteroatoms. The molecule has 2 aliphatic heterocycles. The van der Waals surface area contributed by atoms with Crippen molar-refractivity contribution in [1.29, 1.82) is 0 Å². The predicted octanol–water partition coefficient (Wildman–Crippen LogP) is 2.50. The Balaban J connectivity index is 1.94. The van der Waals surface area contributed by atoms with Gasteiger partial charge >= 0.3 is 12.1 Å². The summed E-state index contributed by atoms with van der Waals surface area (Å²) >= 11 is 0. The maximum absolute atomic E-state index is 12.1. The second-order valence-electron chi connectivity index (χ2n) is 5.99. The van der Waals surface area contributed by atoms with Crippen LogP contribution in [0.5, 0.6) is 0 Å². The third-order valence-electron chi connectivity index (χ3n) is 4.67. The molecule has 0 bridgehead atoms. The van der Waals surface area contributed by atoms with Crippen molar-refractivity contribution in [2.45, 2.75) is 44.3 Å². The van der Waals surface area contributed by atoms with Crippen molar-refractivity contribution in [3.05, 3.63) is 0 Å². The Morgan fingerprint density at radius 1 is 1.21 bits per heavy atom. The number of ether oxygens (including phenoxy) is 1. The third-order valence-corrected chi connectivity index (χ3v) is 4.67. The number of nitrogens with zero attached hydrogens (tertiary/aromatic N) is 1. The Kier molecular flexibility index (Phi) is 4.08. The maximum Gasteiger partial charge on any atom is 0.490 e. The molecule has 3 atom stereocenters.